The van der Waals surface area contributed by atoms with Crippen LogP contribution in [0.4, 0.5) is 5.69 Å². The Balaban J connectivity index is 2.41. The summed E-state index contributed by atoms with van der Waals surface area (Å²) in [6, 6.07) is 4.77. The van der Waals surface area contributed by atoms with Crippen molar-refractivity contribution in [2.24, 2.45) is 7.05 Å². The molecule has 0 spiro atoms. The molecule has 0 unspecified atom stereocenters. The Hall–Kier alpha value is -1.89. The Morgan fingerprint density at radius 3 is 2.67 bits per heavy atom. The predicted octanol–water partition coefficient (Wildman–Crippen LogP) is 1.91. The topological polar surface area (TPSA) is 70.1 Å². The molecule has 0 radical (unpaired) electrons. The van der Waals surface area contributed by atoms with Crippen LogP contribution >= 0.6 is 15.9 Å². The first-order valence-electron chi connectivity index (χ1n) is 5.14. The molecule has 1 aromatic carbocycles. The smallest absolute Gasteiger partial charge is 0.302 e. The lowest BCUT2D eigenvalue weighted by Gasteiger charge is -2.05. The molecule has 0 amide bonds. The van der Waals surface area contributed by atoms with E-state index in [-0.39, 0.29) is 11.4 Å². The van der Waals surface area contributed by atoms with Crippen molar-refractivity contribution >= 4 is 21.6 Å². The van der Waals surface area contributed by atoms with Crippen molar-refractivity contribution in [3.63, 3.8) is 0 Å². The zero-order chi connectivity index (χ0) is 13.3. The molecular weight excluding hydrogens is 302 g/mol. The number of hydrogen-bond acceptors (Lipinski definition) is 3. The second-order valence-corrected chi connectivity index (χ2v) is 4.62. The predicted molar refractivity (Wildman–Crippen MR) is 69.6 cm³/mol. The lowest BCUT2D eigenvalue weighted by atomic mass is 10.2. The Morgan fingerprint density at radius 1 is 1.39 bits per heavy atom. The fourth-order valence-corrected chi connectivity index (χ4v) is 2.18. The molecule has 0 saturated heterocycles. The summed E-state index contributed by atoms with van der Waals surface area (Å²) in [4.78, 5) is 22.0. The second-order valence-electron chi connectivity index (χ2n) is 3.83. The van der Waals surface area contributed by atoms with E-state index in [0.717, 1.165) is 0 Å². The Kier molecular flexibility index (Phi) is 3.33. The van der Waals surface area contributed by atoms with Gasteiger partial charge in [0.05, 0.1) is 11.5 Å². The van der Waals surface area contributed by atoms with Crippen LogP contribution in [0.25, 0.3) is 0 Å². The minimum Gasteiger partial charge on any atom is -0.302 e. The first-order valence-corrected chi connectivity index (χ1v) is 5.93. The molecule has 0 saturated carbocycles. The largest absolute Gasteiger partial charge is 0.328 e. The SMILES string of the molecule is Cn1ccn(Cc2cccc([N+](=O)[O-])c2Br)c1=O. The van der Waals surface area contributed by atoms with Gasteiger partial charge in [-0.2, -0.15) is 0 Å². The van der Waals surface area contributed by atoms with Gasteiger partial charge in [0.2, 0.25) is 0 Å². The first-order chi connectivity index (χ1) is 8.50. The van der Waals surface area contributed by atoms with Crippen molar-refractivity contribution in [1.29, 1.82) is 0 Å². The Bertz CT molecular complexity index is 660. The molecule has 2 aromatic rings. The van der Waals surface area contributed by atoms with E-state index >= 15 is 0 Å². The third-order valence-electron chi connectivity index (χ3n) is 2.61. The van der Waals surface area contributed by atoms with Crippen molar-refractivity contribution in [2.45, 2.75) is 6.54 Å². The summed E-state index contributed by atoms with van der Waals surface area (Å²) in [5.41, 5.74) is 0.530. The maximum Gasteiger partial charge on any atom is 0.328 e. The average Bonchev–Trinajstić information content (AvgIpc) is 2.63. The molecule has 94 valence electrons. The molecule has 1 aromatic heterocycles. The number of nitrogens with zero attached hydrogens (tertiary/aromatic N) is 3. The standard InChI is InChI=1S/C11H10BrN3O3/c1-13-5-6-14(11(13)16)7-8-3-2-4-9(10(8)12)15(17)18/h2-6H,7H2,1H3. The number of aromatic nitrogens is 2. The average molecular weight is 312 g/mol. The second kappa shape index (κ2) is 4.77. The van der Waals surface area contributed by atoms with Gasteiger partial charge in [-0.15, -0.1) is 0 Å². The molecule has 0 N–H and O–H groups in total. The van der Waals surface area contributed by atoms with Crippen LogP contribution in [-0.2, 0) is 13.6 Å². The zero-order valence-corrected chi connectivity index (χ0v) is 11.1. The van der Waals surface area contributed by atoms with Crippen LogP contribution in [-0.4, -0.2) is 14.1 Å². The van der Waals surface area contributed by atoms with E-state index in [1.165, 1.54) is 15.2 Å². The lowest BCUT2D eigenvalue weighted by Crippen LogP contribution is -2.22. The number of hydrogen-bond donors (Lipinski definition) is 0. The Morgan fingerprint density at radius 2 is 2.11 bits per heavy atom. The van der Waals surface area contributed by atoms with Crippen molar-refractivity contribution in [2.75, 3.05) is 0 Å². The summed E-state index contributed by atoms with van der Waals surface area (Å²) < 4.78 is 3.35. The van der Waals surface area contributed by atoms with Crippen LogP contribution in [0.3, 0.4) is 0 Å². The number of halogens is 1. The fraction of sp³-hybridized carbons (Fsp3) is 0.182. The number of benzene rings is 1. The number of nitro groups is 1. The number of imidazole rings is 1. The van der Waals surface area contributed by atoms with Gasteiger partial charge in [0.15, 0.2) is 0 Å². The van der Waals surface area contributed by atoms with Gasteiger partial charge >= 0.3 is 5.69 Å². The van der Waals surface area contributed by atoms with Crippen molar-refractivity contribution in [3.05, 3.63) is 61.2 Å². The highest BCUT2D eigenvalue weighted by Gasteiger charge is 2.15. The van der Waals surface area contributed by atoms with E-state index < -0.39 is 4.92 Å². The molecule has 0 fully saturated rings. The molecule has 0 aliphatic heterocycles. The van der Waals surface area contributed by atoms with Crippen LogP contribution in [0.5, 0.6) is 0 Å². The van der Waals surface area contributed by atoms with Gasteiger partial charge in [0.25, 0.3) is 5.69 Å². The minimum atomic E-state index is -0.457. The molecular formula is C11H10BrN3O3. The van der Waals surface area contributed by atoms with Crippen molar-refractivity contribution < 1.29 is 4.92 Å². The number of aryl methyl sites for hydroxylation is 1. The van der Waals surface area contributed by atoms with Gasteiger partial charge in [-0.1, -0.05) is 12.1 Å². The molecule has 0 aliphatic rings. The molecule has 0 atom stereocenters. The normalized spacial score (nSPS) is 10.6. The molecule has 0 bridgehead atoms. The van der Waals surface area contributed by atoms with E-state index in [1.807, 2.05) is 0 Å². The van der Waals surface area contributed by atoms with E-state index in [2.05, 4.69) is 15.9 Å². The molecule has 6 nitrogen and oxygen atoms in total. The van der Waals surface area contributed by atoms with Gasteiger partial charge in [0.1, 0.15) is 4.47 Å². The first kappa shape index (κ1) is 12.6. The van der Waals surface area contributed by atoms with Gasteiger partial charge in [0, 0.05) is 25.5 Å². The van der Waals surface area contributed by atoms with E-state index in [1.54, 1.807) is 31.6 Å². The highest BCUT2D eigenvalue weighted by Crippen LogP contribution is 2.28. The van der Waals surface area contributed by atoms with Gasteiger partial charge in [-0.25, -0.2) is 4.79 Å². The number of rotatable bonds is 3. The summed E-state index contributed by atoms with van der Waals surface area (Å²) in [7, 11) is 1.65. The van der Waals surface area contributed by atoms with Crippen LogP contribution < -0.4 is 5.69 Å². The maximum absolute atomic E-state index is 11.7. The van der Waals surface area contributed by atoms with E-state index in [4.69, 9.17) is 0 Å². The van der Waals surface area contributed by atoms with E-state index in [0.29, 0.717) is 16.6 Å². The minimum absolute atomic E-state index is 0.00326. The highest BCUT2D eigenvalue weighted by atomic mass is 79.9. The van der Waals surface area contributed by atoms with E-state index in [9.17, 15) is 14.9 Å². The van der Waals surface area contributed by atoms with Crippen LogP contribution in [0.2, 0.25) is 0 Å². The van der Waals surface area contributed by atoms with Crippen LogP contribution in [0.15, 0.2) is 39.9 Å². The summed E-state index contributed by atoms with van der Waals surface area (Å²) in [5, 5.41) is 10.8. The van der Waals surface area contributed by atoms with Gasteiger partial charge in [-0.05, 0) is 21.5 Å². The van der Waals surface area contributed by atoms with Crippen molar-refractivity contribution in [3.8, 4) is 0 Å². The van der Waals surface area contributed by atoms with Gasteiger partial charge < -0.3 is 4.57 Å². The number of nitro benzene ring substituents is 1. The summed E-state index contributed by atoms with van der Waals surface area (Å²) in [5.74, 6) is 0. The maximum atomic E-state index is 11.7. The van der Waals surface area contributed by atoms with Crippen LogP contribution in [0.1, 0.15) is 5.56 Å². The molecule has 18 heavy (non-hydrogen) atoms. The molecule has 1 heterocycles. The summed E-state index contributed by atoms with van der Waals surface area (Å²) in [6.07, 6.45) is 3.29. The Labute approximate surface area is 111 Å². The quantitative estimate of drug-likeness (QED) is 0.642. The third kappa shape index (κ3) is 2.21. The highest BCUT2D eigenvalue weighted by molar-refractivity contribution is 9.10. The summed E-state index contributed by atoms with van der Waals surface area (Å²) >= 11 is 3.21. The summed E-state index contributed by atoms with van der Waals surface area (Å²) in [6.45, 7) is 0.294. The monoisotopic (exact) mass is 311 g/mol. The molecule has 0 aliphatic carbocycles. The van der Waals surface area contributed by atoms with Crippen LogP contribution in [0, 0.1) is 10.1 Å². The molecule has 2 rings (SSSR count). The third-order valence-corrected chi connectivity index (χ3v) is 3.53. The fourth-order valence-electron chi connectivity index (χ4n) is 1.64. The van der Waals surface area contributed by atoms with Crippen molar-refractivity contribution in [1.82, 2.24) is 9.13 Å². The molecule has 7 heteroatoms. The van der Waals surface area contributed by atoms with Gasteiger partial charge in [-0.3, -0.25) is 14.7 Å². The zero-order valence-electron chi connectivity index (χ0n) is 9.54. The lowest BCUT2D eigenvalue weighted by molar-refractivity contribution is -0.385.